The number of hydrogen-bond donors (Lipinski definition) is 2. The van der Waals surface area contributed by atoms with Gasteiger partial charge in [-0.2, -0.15) is 0 Å². The van der Waals surface area contributed by atoms with E-state index < -0.39 is 0 Å². The van der Waals surface area contributed by atoms with Crippen LogP contribution in [-0.4, -0.2) is 64.3 Å². The van der Waals surface area contributed by atoms with Crippen LogP contribution in [0.1, 0.15) is 18.9 Å². The van der Waals surface area contributed by atoms with Gasteiger partial charge in [0, 0.05) is 33.3 Å². The predicted molar refractivity (Wildman–Crippen MR) is 98.1 cm³/mol. The SMILES string of the molecule is CCNC(=NCCCN(C)CCOC)NCCc1ccccc1. The molecule has 0 atom stereocenters. The number of hydrogen-bond acceptors (Lipinski definition) is 3. The van der Waals surface area contributed by atoms with Gasteiger partial charge in [0.2, 0.25) is 0 Å². The van der Waals surface area contributed by atoms with Crippen LogP contribution in [0, 0.1) is 0 Å². The van der Waals surface area contributed by atoms with Crippen LogP contribution < -0.4 is 10.6 Å². The topological polar surface area (TPSA) is 48.9 Å². The lowest BCUT2D eigenvalue weighted by Gasteiger charge is -2.15. The summed E-state index contributed by atoms with van der Waals surface area (Å²) in [6, 6.07) is 10.5. The molecule has 0 aliphatic carbocycles. The van der Waals surface area contributed by atoms with Gasteiger partial charge in [0.1, 0.15) is 0 Å². The number of methoxy groups -OCH3 is 1. The second-order valence-corrected chi connectivity index (χ2v) is 5.57. The van der Waals surface area contributed by atoms with E-state index in [1.54, 1.807) is 7.11 Å². The number of nitrogens with zero attached hydrogens (tertiary/aromatic N) is 2. The summed E-state index contributed by atoms with van der Waals surface area (Å²) in [5.74, 6) is 0.906. The van der Waals surface area contributed by atoms with Crippen molar-refractivity contribution in [3.05, 3.63) is 35.9 Å². The Balaban J connectivity index is 2.24. The quantitative estimate of drug-likeness (QED) is 0.370. The Kier molecular flexibility index (Phi) is 10.9. The highest BCUT2D eigenvalue weighted by atomic mass is 16.5. The van der Waals surface area contributed by atoms with Gasteiger partial charge in [0.15, 0.2) is 5.96 Å². The van der Waals surface area contributed by atoms with Crippen molar-refractivity contribution in [2.75, 3.05) is 53.5 Å². The minimum Gasteiger partial charge on any atom is -0.383 e. The number of benzene rings is 1. The van der Waals surface area contributed by atoms with Crippen molar-refractivity contribution < 1.29 is 4.74 Å². The van der Waals surface area contributed by atoms with Gasteiger partial charge in [-0.3, -0.25) is 4.99 Å². The highest BCUT2D eigenvalue weighted by Gasteiger charge is 1.99. The van der Waals surface area contributed by atoms with Gasteiger partial charge in [0.25, 0.3) is 0 Å². The summed E-state index contributed by atoms with van der Waals surface area (Å²) in [5, 5.41) is 6.69. The van der Waals surface area contributed by atoms with E-state index in [0.717, 1.165) is 58.1 Å². The van der Waals surface area contributed by atoms with E-state index in [1.165, 1.54) is 5.56 Å². The van der Waals surface area contributed by atoms with Crippen LogP contribution >= 0.6 is 0 Å². The molecule has 0 spiro atoms. The third-order valence-electron chi connectivity index (χ3n) is 3.54. The van der Waals surface area contributed by atoms with Crippen molar-refractivity contribution in [3.8, 4) is 0 Å². The van der Waals surface area contributed by atoms with Gasteiger partial charge < -0.3 is 20.3 Å². The predicted octanol–water partition coefficient (Wildman–Crippen LogP) is 1.75. The zero-order valence-electron chi connectivity index (χ0n) is 14.8. The molecule has 0 aliphatic rings. The second kappa shape index (κ2) is 12.9. The average Bonchev–Trinajstić information content (AvgIpc) is 2.57. The molecule has 0 aliphatic heterocycles. The summed E-state index contributed by atoms with van der Waals surface area (Å²) in [4.78, 5) is 6.91. The van der Waals surface area contributed by atoms with Crippen molar-refractivity contribution in [1.82, 2.24) is 15.5 Å². The molecular weight excluding hydrogens is 288 g/mol. The van der Waals surface area contributed by atoms with Gasteiger partial charge in [-0.15, -0.1) is 0 Å². The molecule has 1 aromatic rings. The summed E-state index contributed by atoms with van der Waals surface area (Å²) in [7, 11) is 3.86. The molecule has 0 amide bonds. The summed E-state index contributed by atoms with van der Waals surface area (Å²) >= 11 is 0. The standard InChI is InChI=1S/C18H32N4O/c1-4-19-18(20-12-8-14-22(2)15-16-23-3)21-13-11-17-9-6-5-7-10-17/h5-7,9-10H,4,8,11-16H2,1-3H3,(H2,19,20,21). The van der Waals surface area contributed by atoms with E-state index >= 15 is 0 Å². The monoisotopic (exact) mass is 320 g/mol. The fourth-order valence-electron chi connectivity index (χ4n) is 2.20. The maximum atomic E-state index is 5.08. The Morgan fingerprint density at radius 1 is 1.17 bits per heavy atom. The second-order valence-electron chi connectivity index (χ2n) is 5.57. The van der Waals surface area contributed by atoms with Crippen molar-refractivity contribution in [2.24, 2.45) is 4.99 Å². The number of ether oxygens (including phenoxy) is 1. The molecule has 0 radical (unpaired) electrons. The maximum absolute atomic E-state index is 5.08. The Morgan fingerprint density at radius 2 is 1.96 bits per heavy atom. The van der Waals surface area contributed by atoms with Gasteiger partial charge >= 0.3 is 0 Å². The molecule has 1 aromatic carbocycles. The van der Waals surface area contributed by atoms with Crippen LogP contribution in [-0.2, 0) is 11.2 Å². The van der Waals surface area contributed by atoms with Crippen LogP contribution in [0.15, 0.2) is 35.3 Å². The van der Waals surface area contributed by atoms with Crippen LogP contribution in [0.25, 0.3) is 0 Å². The average molecular weight is 320 g/mol. The summed E-state index contributed by atoms with van der Waals surface area (Å²) < 4.78 is 5.08. The highest BCUT2D eigenvalue weighted by Crippen LogP contribution is 1.98. The van der Waals surface area contributed by atoms with E-state index in [9.17, 15) is 0 Å². The Hall–Kier alpha value is -1.59. The van der Waals surface area contributed by atoms with Crippen LogP contribution in [0.4, 0.5) is 0 Å². The molecular formula is C18H32N4O. The minimum atomic E-state index is 0.781. The Labute approximate surface area is 141 Å². The number of nitrogens with one attached hydrogen (secondary N) is 2. The molecule has 23 heavy (non-hydrogen) atoms. The molecule has 0 aromatic heterocycles. The molecule has 5 nitrogen and oxygen atoms in total. The number of rotatable bonds is 11. The fraction of sp³-hybridized carbons (Fsp3) is 0.611. The zero-order chi connectivity index (χ0) is 16.8. The largest absolute Gasteiger partial charge is 0.383 e. The van der Waals surface area contributed by atoms with E-state index in [4.69, 9.17) is 4.74 Å². The smallest absolute Gasteiger partial charge is 0.191 e. The van der Waals surface area contributed by atoms with Crippen molar-refractivity contribution in [2.45, 2.75) is 19.8 Å². The number of guanidine groups is 1. The third-order valence-corrected chi connectivity index (χ3v) is 3.54. The highest BCUT2D eigenvalue weighted by molar-refractivity contribution is 5.79. The summed E-state index contributed by atoms with van der Waals surface area (Å²) in [5.41, 5.74) is 1.34. The first-order chi connectivity index (χ1) is 11.3. The van der Waals surface area contributed by atoms with E-state index in [1.807, 2.05) is 6.07 Å². The molecule has 0 saturated carbocycles. The summed E-state index contributed by atoms with van der Waals surface area (Å²) in [6.07, 6.45) is 2.06. The third kappa shape index (κ3) is 9.92. The van der Waals surface area contributed by atoms with E-state index in [2.05, 4.69) is 58.8 Å². The van der Waals surface area contributed by atoms with Gasteiger partial charge in [-0.1, -0.05) is 30.3 Å². The van der Waals surface area contributed by atoms with E-state index in [-0.39, 0.29) is 0 Å². The lowest BCUT2D eigenvalue weighted by atomic mass is 10.1. The first kappa shape index (κ1) is 19.5. The van der Waals surface area contributed by atoms with Gasteiger partial charge in [-0.25, -0.2) is 0 Å². The van der Waals surface area contributed by atoms with Crippen LogP contribution in [0.5, 0.6) is 0 Å². The lowest BCUT2D eigenvalue weighted by molar-refractivity contribution is 0.161. The van der Waals surface area contributed by atoms with Crippen molar-refractivity contribution >= 4 is 5.96 Å². The number of likely N-dealkylation sites (N-methyl/N-ethyl adjacent to an activating group) is 1. The minimum absolute atomic E-state index is 0.781. The fourth-order valence-corrected chi connectivity index (χ4v) is 2.20. The van der Waals surface area contributed by atoms with Crippen LogP contribution in [0.3, 0.4) is 0 Å². The lowest BCUT2D eigenvalue weighted by Crippen LogP contribution is -2.38. The normalized spacial score (nSPS) is 11.7. The Bertz CT molecular complexity index is 422. The molecule has 0 saturated heterocycles. The first-order valence-corrected chi connectivity index (χ1v) is 8.49. The van der Waals surface area contributed by atoms with Gasteiger partial charge in [-0.05, 0) is 38.9 Å². The molecule has 0 fully saturated rings. The molecule has 0 heterocycles. The summed E-state index contributed by atoms with van der Waals surface area (Å²) in [6.45, 7) is 7.48. The Morgan fingerprint density at radius 3 is 2.65 bits per heavy atom. The zero-order valence-corrected chi connectivity index (χ0v) is 14.8. The van der Waals surface area contributed by atoms with Crippen molar-refractivity contribution in [3.63, 3.8) is 0 Å². The van der Waals surface area contributed by atoms with Crippen molar-refractivity contribution in [1.29, 1.82) is 0 Å². The molecule has 130 valence electrons. The first-order valence-electron chi connectivity index (χ1n) is 8.49. The molecule has 2 N–H and O–H groups in total. The van der Waals surface area contributed by atoms with Crippen LogP contribution in [0.2, 0.25) is 0 Å². The van der Waals surface area contributed by atoms with Gasteiger partial charge in [0.05, 0.1) is 6.61 Å². The molecule has 1 rings (SSSR count). The number of aliphatic imine (C=N–C) groups is 1. The molecule has 5 heteroatoms. The van der Waals surface area contributed by atoms with E-state index in [0.29, 0.717) is 0 Å². The molecule has 0 unspecified atom stereocenters. The molecule has 0 bridgehead atoms. The maximum Gasteiger partial charge on any atom is 0.191 e.